The van der Waals surface area contributed by atoms with Gasteiger partial charge in [0.2, 0.25) is 6.79 Å². The summed E-state index contributed by atoms with van der Waals surface area (Å²) >= 11 is 1.10. The number of rotatable bonds is 5. The van der Waals surface area contributed by atoms with Crippen molar-refractivity contribution in [1.29, 1.82) is 0 Å². The van der Waals surface area contributed by atoms with E-state index in [1.54, 1.807) is 38.1 Å². The van der Waals surface area contributed by atoms with Crippen LogP contribution in [0.15, 0.2) is 80.1 Å². The number of esters is 1. The molecule has 1 atom stereocenters. The Balaban J connectivity index is 1.45. The predicted molar refractivity (Wildman–Crippen MR) is 142 cm³/mol. The van der Waals surface area contributed by atoms with Crippen molar-refractivity contribution in [3.05, 3.63) is 102 Å². The summed E-state index contributed by atoms with van der Waals surface area (Å²) in [6.45, 7) is 3.57. The minimum Gasteiger partial charge on any atom is -0.463 e. The van der Waals surface area contributed by atoms with Crippen molar-refractivity contribution >= 4 is 23.4 Å². The second kappa shape index (κ2) is 10.1. The van der Waals surface area contributed by atoms with Gasteiger partial charge in [0.25, 0.3) is 5.56 Å². The van der Waals surface area contributed by atoms with Gasteiger partial charge in [0.1, 0.15) is 11.5 Å². The summed E-state index contributed by atoms with van der Waals surface area (Å²) in [6, 6.07) is 12.2. The van der Waals surface area contributed by atoms with Gasteiger partial charge in [0.05, 0.1) is 34.0 Å². The number of fused-ring (bicyclic) bond motifs is 2. The van der Waals surface area contributed by atoms with Gasteiger partial charge in [0.15, 0.2) is 16.3 Å². The fraction of sp³-hybridized carbons (Fsp3) is 0.207. The molecule has 4 aromatic rings. The molecular formula is C29H21F3N2O6S. The molecule has 2 aliphatic heterocycles. The Morgan fingerprint density at radius 2 is 1.95 bits per heavy atom. The SMILES string of the molecule is CCOC(=O)C1=C(C)N=c2s/c(=C/c3ccc(-c4cccc(C(F)(F)F)c4)o3)c(=O)n2[C@@H]1c1ccc2c(c1)OCO2. The summed E-state index contributed by atoms with van der Waals surface area (Å²) in [5.41, 5.74) is 0.251. The lowest BCUT2D eigenvalue weighted by Gasteiger charge is -2.24. The first-order valence-electron chi connectivity index (χ1n) is 12.5. The van der Waals surface area contributed by atoms with E-state index in [1.807, 2.05) is 0 Å². The Morgan fingerprint density at radius 3 is 2.73 bits per heavy atom. The number of ether oxygens (including phenoxy) is 3. The van der Waals surface area contributed by atoms with Gasteiger partial charge < -0.3 is 18.6 Å². The highest BCUT2D eigenvalue weighted by atomic mass is 32.1. The molecule has 0 amide bonds. The minimum atomic E-state index is -4.49. The summed E-state index contributed by atoms with van der Waals surface area (Å²) in [5, 5.41) is 0. The van der Waals surface area contributed by atoms with Crippen LogP contribution in [-0.4, -0.2) is 23.9 Å². The average Bonchev–Trinajstić information content (AvgIpc) is 3.67. The average molecular weight is 583 g/mol. The third-order valence-corrected chi connectivity index (χ3v) is 7.59. The van der Waals surface area contributed by atoms with E-state index < -0.39 is 29.3 Å². The lowest BCUT2D eigenvalue weighted by atomic mass is 9.95. The highest BCUT2D eigenvalue weighted by Crippen LogP contribution is 2.38. The van der Waals surface area contributed by atoms with Crippen LogP contribution >= 0.6 is 11.3 Å². The molecule has 0 aliphatic carbocycles. The van der Waals surface area contributed by atoms with E-state index >= 15 is 0 Å². The van der Waals surface area contributed by atoms with Crippen LogP contribution in [0.2, 0.25) is 0 Å². The van der Waals surface area contributed by atoms with Crippen molar-refractivity contribution < 1.29 is 36.6 Å². The van der Waals surface area contributed by atoms with Crippen molar-refractivity contribution in [2.45, 2.75) is 26.1 Å². The van der Waals surface area contributed by atoms with Gasteiger partial charge in [-0.1, -0.05) is 29.5 Å². The first-order valence-corrected chi connectivity index (χ1v) is 13.3. The molecule has 0 saturated heterocycles. The van der Waals surface area contributed by atoms with Crippen LogP contribution in [0.1, 0.15) is 36.8 Å². The molecule has 2 aliphatic rings. The van der Waals surface area contributed by atoms with Gasteiger partial charge in [0, 0.05) is 11.6 Å². The highest BCUT2D eigenvalue weighted by molar-refractivity contribution is 7.07. The number of aromatic nitrogens is 1. The van der Waals surface area contributed by atoms with Crippen molar-refractivity contribution in [1.82, 2.24) is 4.57 Å². The predicted octanol–water partition coefficient (Wildman–Crippen LogP) is 4.81. The van der Waals surface area contributed by atoms with Crippen LogP contribution in [0.5, 0.6) is 11.5 Å². The zero-order chi connectivity index (χ0) is 28.9. The van der Waals surface area contributed by atoms with Crippen LogP contribution in [0.3, 0.4) is 0 Å². The molecule has 0 N–H and O–H groups in total. The van der Waals surface area contributed by atoms with E-state index in [-0.39, 0.29) is 40.6 Å². The van der Waals surface area contributed by atoms with Gasteiger partial charge >= 0.3 is 12.1 Å². The molecule has 0 saturated carbocycles. The topological polar surface area (TPSA) is 92.3 Å². The Morgan fingerprint density at radius 1 is 1.15 bits per heavy atom. The van der Waals surface area contributed by atoms with Crippen LogP contribution in [0, 0.1) is 0 Å². The number of nitrogens with zero attached hydrogens (tertiary/aromatic N) is 2. The highest BCUT2D eigenvalue weighted by Gasteiger charge is 2.34. The fourth-order valence-electron chi connectivity index (χ4n) is 4.75. The molecule has 210 valence electrons. The lowest BCUT2D eigenvalue weighted by Crippen LogP contribution is -2.39. The molecule has 2 aromatic heterocycles. The van der Waals surface area contributed by atoms with Gasteiger partial charge in [-0.25, -0.2) is 9.79 Å². The number of alkyl halides is 3. The molecule has 0 radical (unpaired) electrons. The second-order valence-corrected chi connectivity index (χ2v) is 10.2. The van der Waals surface area contributed by atoms with Crippen molar-refractivity contribution in [3.63, 3.8) is 0 Å². The van der Waals surface area contributed by atoms with Gasteiger partial charge in [-0.05, 0) is 55.8 Å². The molecule has 0 unspecified atom stereocenters. The first-order chi connectivity index (χ1) is 19.6. The molecule has 0 bridgehead atoms. The van der Waals surface area contributed by atoms with E-state index in [9.17, 15) is 22.8 Å². The number of halogens is 3. The largest absolute Gasteiger partial charge is 0.463 e. The number of furan rings is 1. The summed E-state index contributed by atoms with van der Waals surface area (Å²) < 4.78 is 63.2. The molecule has 8 nitrogen and oxygen atoms in total. The van der Waals surface area contributed by atoms with Crippen LogP contribution in [-0.2, 0) is 15.7 Å². The molecule has 12 heteroatoms. The van der Waals surface area contributed by atoms with E-state index in [4.69, 9.17) is 18.6 Å². The molecular weight excluding hydrogens is 561 g/mol. The Kier molecular flexibility index (Phi) is 6.57. The molecule has 2 aromatic carbocycles. The Bertz CT molecular complexity index is 1900. The summed E-state index contributed by atoms with van der Waals surface area (Å²) in [5.74, 6) is 0.925. The maximum atomic E-state index is 13.8. The smallest absolute Gasteiger partial charge is 0.416 e. The fourth-order valence-corrected chi connectivity index (χ4v) is 5.78. The number of thiazole rings is 1. The van der Waals surface area contributed by atoms with E-state index in [1.165, 1.54) is 28.8 Å². The number of carbonyl (C=O) groups excluding carboxylic acids is 1. The van der Waals surface area contributed by atoms with E-state index in [2.05, 4.69) is 4.99 Å². The monoisotopic (exact) mass is 582 g/mol. The maximum Gasteiger partial charge on any atom is 0.416 e. The van der Waals surface area contributed by atoms with Crippen molar-refractivity contribution in [3.8, 4) is 22.8 Å². The minimum absolute atomic E-state index is 0.0623. The van der Waals surface area contributed by atoms with E-state index in [0.717, 1.165) is 23.5 Å². The molecule has 6 rings (SSSR count). The summed E-state index contributed by atoms with van der Waals surface area (Å²) in [6.07, 6.45) is -2.99. The molecule has 0 spiro atoms. The van der Waals surface area contributed by atoms with Gasteiger partial charge in [-0.2, -0.15) is 13.2 Å². The molecule has 0 fully saturated rings. The van der Waals surface area contributed by atoms with Crippen LogP contribution < -0.4 is 24.4 Å². The molecule has 41 heavy (non-hydrogen) atoms. The number of benzene rings is 2. The van der Waals surface area contributed by atoms with Gasteiger partial charge in [-0.15, -0.1) is 0 Å². The van der Waals surface area contributed by atoms with Gasteiger partial charge in [-0.3, -0.25) is 9.36 Å². The number of allylic oxidation sites excluding steroid dienone is 1. The van der Waals surface area contributed by atoms with Crippen molar-refractivity contribution in [2.75, 3.05) is 13.4 Å². The molecule has 4 heterocycles. The number of hydrogen-bond donors (Lipinski definition) is 0. The number of hydrogen-bond acceptors (Lipinski definition) is 8. The Labute approximate surface area is 234 Å². The number of carbonyl (C=O) groups is 1. The van der Waals surface area contributed by atoms with Crippen LogP contribution in [0.4, 0.5) is 13.2 Å². The van der Waals surface area contributed by atoms with Crippen molar-refractivity contribution in [2.24, 2.45) is 4.99 Å². The maximum absolute atomic E-state index is 13.8. The Hall–Kier alpha value is -4.58. The quantitative estimate of drug-likeness (QED) is 0.314. The normalized spacial score (nSPS) is 16.5. The lowest BCUT2D eigenvalue weighted by molar-refractivity contribution is -0.139. The standard InChI is InChI=1S/C29H21F3N2O6S/c1-3-37-27(36)24-15(2)33-28-34(25(24)17-7-9-21-22(12-17)39-14-38-21)26(35)23(41-28)13-19-8-10-20(40-19)16-5-4-6-18(11-16)29(30,31)32/h4-13,25H,3,14H2,1-2H3/b23-13+/t25-/m1/s1. The van der Waals surface area contributed by atoms with E-state index in [0.29, 0.717) is 27.6 Å². The third kappa shape index (κ3) is 4.84. The zero-order valence-corrected chi connectivity index (χ0v) is 22.5. The third-order valence-electron chi connectivity index (χ3n) is 6.60. The second-order valence-electron chi connectivity index (χ2n) is 9.20. The summed E-state index contributed by atoms with van der Waals surface area (Å²) in [4.78, 5) is 31.7. The summed E-state index contributed by atoms with van der Waals surface area (Å²) in [7, 11) is 0. The zero-order valence-electron chi connectivity index (χ0n) is 21.7. The van der Waals surface area contributed by atoms with Crippen LogP contribution in [0.25, 0.3) is 17.4 Å². The first kappa shape index (κ1) is 26.6.